The van der Waals surface area contributed by atoms with Crippen LogP contribution in [-0.2, 0) is 11.3 Å². The SMILES string of the molecule is COc1ccc(-c2ccccc2COC2CCNC2)cc1F. The predicted octanol–water partition coefficient (Wildman–Crippen LogP) is 3.38. The normalized spacial score (nSPS) is 17.6. The van der Waals surface area contributed by atoms with E-state index in [1.165, 1.54) is 13.2 Å². The molecular formula is C18H20FNO2. The fourth-order valence-electron chi connectivity index (χ4n) is 2.74. The highest BCUT2D eigenvalue weighted by atomic mass is 19.1. The molecule has 1 aliphatic rings. The first kappa shape index (κ1) is 15.0. The third kappa shape index (κ3) is 3.29. The molecule has 0 aromatic heterocycles. The van der Waals surface area contributed by atoms with E-state index >= 15 is 0 Å². The highest BCUT2D eigenvalue weighted by molar-refractivity contribution is 5.68. The van der Waals surface area contributed by atoms with Crippen LogP contribution in [0.4, 0.5) is 4.39 Å². The lowest BCUT2D eigenvalue weighted by atomic mass is 10.00. The summed E-state index contributed by atoms with van der Waals surface area (Å²) in [5.74, 6) is -0.0924. The lowest BCUT2D eigenvalue weighted by Gasteiger charge is -2.14. The van der Waals surface area contributed by atoms with E-state index in [2.05, 4.69) is 5.32 Å². The van der Waals surface area contributed by atoms with E-state index in [1.54, 1.807) is 6.07 Å². The van der Waals surface area contributed by atoms with Crippen molar-refractivity contribution in [2.24, 2.45) is 0 Å². The van der Waals surface area contributed by atoms with Crippen molar-refractivity contribution in [2.75, 3.05) is 20.2 Å². The third-order valence-electron chi connectivity index (χ3n) is 3.97. The van der Waals surface area contributed by atoms with Crippen LogP contribution in [0.1, 0.15) is 12.0 Å². The molecule has 2 aromatic carbocycles. The Morgan fingerprint density at radius 2 is 2.09 bits per heavy atom. The summed E-state index contributed by atoms with van der Waals surface area (Å²) in [6.07, 6.45) is 1.31. The van der Waals surface area contributed by atoms with Crippen LogP contribution in [-0.4, -0.2) is 26.3 Å². The Morgan fingerprint density at radius 3 is 2.82 bits per heavy atom. The van der Waals surface area contributed by atoms with Gasteiger partial charge in [0.25, 0.3) is 0 Å². The van der Waals surface area contributed by atoms with E-state index in [0.29, 0.717) is 6.61 Å². The van der Waals surface area contributed by atoms with Gasteiger partial charge in [0.15, 0.2) is 11.6 Å². The molecule has 116 valence electrons. The van der Waals surface area contributed by atoms with Crippen molar-refractivity contribution in [3.63, 3.8) is 0 Å². The summed E-state index contributed by atoms with van der Waals surface area (Å²) in [4.78, 5) is 0. The largest absolute Gasteiger partial charge is 0.494 e. The molecule has 4 heteroatoms. The molecular weight excluding hydrogens is 281 g/mol. The second-order valence-electron chi connectivity index (χ2n) is 5.43. The van der Waals surface area contributed by atoms with Crippen molar-refractivity contribution >= 4 is 0 Å². The Kier molecular flexibility index (Phi) is 4.71. The van der Waals surface area contributed by atoms with Crippen LogP contribution < -0.4 is 10.1 Å². The number of nitrogens with one attached hydrogen (secondary N) is 1. The minimum atomic E-state index is -0.351. The standard InChI is InChI=1S/C18H20FNO2/c1-21-18-7-6-13(10-17(18)19)16-5-3-2-4-14(16)12-22-15-8-9-20-11-15/h2-7,10,15,20H,8-9,11-12H2,1H3. The maximum atomic E-state index is 13.9. The van der Waals surface area contributed by atoms with Crippen LogP contribution in [0.25, 0.3) is 11.1 Å². The number of halogens is 1. The number of methoxy groups -OCH3 is 1. The van der Waals surface area contributed by atoms with Gasteiger partial charge in [0.2, 0.25) is 0 Å². The quantitative estimate of drug-likeness (QED) is 0.918. The summed E-state index contributed by atoms with van der Waals surface area (Å²) in [6.45, 7) is 2.45. The summed E-state index contributed by atoms with van der Waals surface area (Å²) >= 11 is 0. The molecule has 0 spiro atoms. The molecule has 1 atom stereocenters. The van der Waals surface area contributed by atoms with Crippen molar-refractivity contribution in [3.05, 3.63) is 53.8 Å². The molecule has 0 radical (unpaired) electrons. The van der Waals surface area contributed by atoms with E-state index in [1.807, 2.05) is 30.3 Å². The zero-order chi connectivity index (χ0) is 15.4. The first-order chi connectivity index (χ1) is 10.8. The Balaban J connectivity index is 1.82. The van der Waals surface area contributed by atoms with Gasteiger partial charge in [-0.15, -0.1) is 0 Å². The lowest BCUT2D eigenvalue weighted by Crippen LogP contribution is -2.16. The molecule has 3 rings (SSSR count). The van der Waals surface area contributed by atoms with Crippen molar-refractivity contribution in [1.82, 2.24) is 5.32 Å². The van der Waals surface area contributed by atoms with Gasteiger partial charge in [0.1, 0.15) is 0 Å². The molecule has 1 saturated heterocycles. The zero-order valence-electron chi connectivity index (χ0n) is 12.6. The molecule has 0 aliphatic carbocycles. The first-order valence-corrected chi connectivity index (χ1v) is 7.52. The maximum Gasteiger partial charge on any atom is 0.165 e. The van der Waals surface area contributed by atoms with E-state index in [4.69, 9.17) is 9.47 Å². The molecule has 1 heterocycles. The Morgan fingerprint density at radius 1 is 1.23 bits per heavy atom. The van der Waals surface area contributed by atoms with Crippen LogP contribution in [0.15, 0.2) is 42.5 Å². The molecule has 1 unspecified atom stereocenters. The topological polar surface area (TPSA) is 30.5 Å². The zero-order valence-corrected chi connectivity index (χ0v) is 12.6. The molecule has 0 bridgehead atoms. The van der Waals surface area contributed by atoms with Crippen molar-refractivity contribution in [2.45, 2.75) is 19.1 Å². The van der Waals surface area contributed by atoms with Gasteiger partial charge in [-0.2, -0.15) is 0 Å². The second-order valence-corrected chi connectivity index (χ2v) is 5.43. The fraction of sp³-hybridized carbons (Fsp3) is 0.333. The van der Waals surface area contributed by atoms with Crippen molar-refractivity contribution in [3.8, 4) is 16.9 Å². The number of rotatable bonds is 5. The third-order valence-corrected chi connectivity index (χ3v) is 3.97. The summed E-state index contributed by atoms with van der Waals surface area (Å²) in [5, 5.41) is 3.29. The minimum Gasteiger partial charge on any atom is -0.494 e. The van der Waals surface area contributed by atoms with Crippen LogP contribution in [0.3, 0.4) is 0 Å². The molecule has 3 nitrogen and oxygen atoms in total. The summed E-state index contributed by atoms with van der Waals surface area (Å²) in [6, 6.07) is 13.0. The Labute approximate surface area is 130 Å². The Bertz CT molecular complexity index is 639. The number of hydrogen-bond acceptors (Lipinski definition) is 3. The number of benzene rings is 2. The smallest absolute Gasteiger partial charge is 0.165 e. The molecule has 1 fully saturated rings. The monoisotopic (exact) mass is 301 g/mol. The summed E-state index contributed by atoms with van der Waals surface area (Å²) in [5.41, 5.74) is 2.90. The first-order valence-electron chi connectivity index (χ1n) is 7.52. The van der Waals surface area contributed by atoms with E-state index in [-0.39, 0.29) is 17.7 Å². The molecule has 1 aliphatic heterocycles. The molecule has 0 amide bonds. The van der Waals surface area contributed by atoms with Crippen molar-refractivity contribution in [1.29, 1.82) is 0 Å². The average Bonchev–Trinajstić information content (AvgIpc) is 3.06. The van der Waals surface area contributed by atoms with Gasteiger partial charge in [0.05, 0.1) is 19.8 Å². The Hall–Kier alpha value is -1.91. The van der Waals surface area contributed by atoms with Gasteiger partial charge in [-0.25, -0.2) is 4.39 Å². The average molecular weight is 301 g/mol. The molecule has 0 saturated carbocycles. The van der Waals surface area contributed by atoms with Crippen LogP contribution >= 0.6 is 0 Å². The molecule has 2 aromatic rings. The lowest BCUT2D eigenvalue weighted by molar-refractivity contribution is 0.0545. The van der Waals surface area contributed by atoms with Crippen LogP contribution in [0, 0.1) is 5.82 Å². The van der Waals surface area contributed by atoms with E-state index < -0.39 is 0 Å². The van der Waals surface area contributed by atoms with E-state index in [0.717, 1.165) is 36.2 Å². The van der Waals surface area contributed by atoms with Crippen LogP contribution in [0.2, 0.25) is 0 Å². The van der Waals surface area contributed by atoms with Gasteiger partial charge >= 0.3 is 0 Å². The number of hydrogen-bond donors (Lipinski definition) is 1. The second kappa shape index (κ2) is 6.90. The highest BCUT2D eigenvalue weighted by Crippen LogP contribution is 2.28. The molecule has 22 heavy (non-hydrogen) atoms. The van der Waals surface area contributed by atoms with Gasteiger partial charge in [-0.1, -0.05) is 30.3 Å². The van der Waals surface area contributed by atoms with Gasteiger partial charge in [-0.05, 0) is 41.8 Å². The number of ether oxygens (including phenoxy) is 2. The predicted molar refractivity (Wildman–Crippen MR) is 84.5 cm³/mol. The highest BCUT2D eigenvalue weighted by Gasteiger charge is 2.16. The minimum absolute atomic E-state index is 0.259. The molecule has 1 N–H and O–H groups in total. The fourth-order valence-corrected chi connectivity index (χ4v) is 2.74. The van der Waals surface area contributed by atoms with Gasteiger partial charge < -0.3 is 14.8 Å². The summed E-state index contributed by atoms with van der Waals surface area (Å²) < 4.78 is 24.9. The summed E-state index contributed by atoms with van der Waals surface area (Å²) in [7, 11) is 1.47. The van der Waals surface area contributed by atoms with Crippen molar-refractivity contribution < 1.29 is 13.9 Å². The maximum absolute atomic E-state index is 13.9. The van der Waals surface area contributed by atoms with Crippen LogP contribution in [0.5, 0.6) is 5.75 Å². The van der Waals surface area contributed by atoms with E-state index in [9.17, 15) is 4.39 Å². The van der Waals surface area contributed by atoms with Gasteiger partial charge in [0, 0.05) is 6.54 Å². The van der Waals surface area contributed by atoms with Gasteiger partial charge in [-0.3, -0.25) is 0 Å².